The summed E-state index contributed by atoms with van der Waals surface area (Å²) >= 11 is 0. The zero-order valence-corrected chi connectivity index (χ0v) is 12.8. The Morgan fingerprint density at radius 1 is 1.26 bits per heavy atom. The third-order valence-electron chi connectivity index (χ3n) is 3.21. The number of alkyl carbamates (subject to hydrolysis) is 1. The van der Waals surface area contributed by atoms with Gasteiger partial charge in [0.1, 0.15) is 12.1 Å². The van der Waals surface area contributed by atoms with E-state index in [0.29, 0.717) is 0 Å². The maximum atomic E-state index is 12.5. The van der Waals surface area contributed by atoms with Gasteiger partial charge in [0.15, 0.2) is 0 Å². The molecular formula is C12H18F3N3O5. The molecule has 0 aromatic carbocycles. The average molecular weight is 341 g/mol. The third kappa shape index (κ3) is 5.27. The molecule has 0 saturated carbocycles. The molecule has 2 atom stereocenters. The molecule has 0 spiro atoms. The Balaban J connectivity index is 2.84. The van der Waals surface area contributed by atoms with E-state index >= 15 is 0 Å². The molecule has 1 saturated heterocycles. The summed E-state index contributed by atoms with van der Waals surface area (Å²) in [5.74, 6) is -1.54. The summed E-state index contributed by atoms with van der Waals surface area (Å²) in [6.07, 6.45) is -5.33. The monoisotopic (exact) mass is 341 g/mol. The van der Waals surface area contributed by atoms with Crippen LogP contribution < -0.4 is 5.32 Å². The number of methoxy groups -OCH3 is 2. The van der Waals surface area contributed by atoms with Crippen molar-refractivity contribution in [3.05, 3.63) is 0 Å². The van der Waals surface area contributed by atoms with Gasteiger partial charge in [-0.25, -0.2) is 9.59 Å². The Bertz CT molecular complexity index is 471. The zero-order valence-electron chi connectivity index (χ0n) is 12.8. The number of amides is 2. The number of halogens is 3. The molecule has 2 amide bonds. The largest absolute Gasteiger partial charge is 0.467 e. The van der Waals surface area contributed by atoms with Crippen molar-refractivity contribution >= 4 is 18.0 Å². The van der Waals surface area contributed by atoms with E-state index in [0.717, 1.165) is 24.0 Å². The summed E-state index contributed by atoms with van der Waals surface area (Å²) in [4.78, 5) is 36.9. The van der Waals surface area contributed by atoms with Gasteiger partial charge in [0, 0.05) is 6.54 Å². The summed E-state index contributed by atoms with van der Waals surface area (Å²) in [5, 5.41) is 2.20. The van der Waals surface area contributed by atoms with Gasteiger partial charge in [0.25, 0.3) is 0 Å². The summed E-state index contributed by atoms with van der Waals surface area (Å²) in [5.41, 5.74) is 0. The molecule has 1 rings (SSSR count). The number of nitrogens with zero attached hydrogens (tertiary/aromatic N) is 2. The molecule has 0 bridgehead atoms. The Labute approximate surface area is 130 Å². The highest BCUT2D eigenvalue weighted by atomic mass is 19.4. The second-order valence-electron chi connectivity index (χ2n) is 4.97. The molecule has 1 aliphatic rings. The van der Waals surface area contributed by atoms with Gasteiger partial charge in [-0.15, -0.1) is 0 Å². The molecule has 0 unspecified atom stereocenters. The van der Waals surface area contributed by atoms with Crippen LogP contribution in [0.1, 0.15) is 6.92 Å². The normalized spacial score (nSPS) is 20.1. The highest BCUT2D eigenvalue weighted by Crippen LogP contribution is 2.22. The number of carbonyl (C=O) groups is 3. The van der Waals surface area contributed by atoms with Crippen LogP contribution in [0.2, 0.25) is 0 Å². The van der Waals surface area contributed by atoms with Crippen molar-refractivity contribution in [3.63, 3.8) is 0 Å². The van der Waals surface area contributed by atoms with Crippen LogP contribution in [0.25, 0.3) is 0 Å². The number of rotatable bonds is 4. The Kier molecular flexibility index (Phi) is 6.19. The molecular weight excluding hydrogens is 323 g/mol. The quantitative estimate of drug-likeness (QED) is 0.721. The number of hydrogen-bond acceptors (Lipinski definition) is 6. The number of ether oxygens (including phenoxy) is 2. The van der Waals surface area contributed by atoms with Gasteiger partial charge in [-0.3, -0.25) is 9.69 Å². The molecule has 132 valence electrons. The van der Waals surface area contributed by atoms with Crippen molar-refractivity contribution in [1.29, 1.82) is 0 Å². The van der Waals surface area contributed by atoms with Crippen molar-refractivity contribution in [2.75, 3.05) is 34.0 Å². The predicted molar refractivity (Wildman–Crippen MR) is 70.1 cm³/mol. The van der Waals surface area contributed by atoms with E-state index in [2.05, 4.69) is 14.8 Å². The lowest BCUT2D eigenvalue weighted by molar-refractivity contribution is -0.151. The topological polar surface area (TPSA) is 88.2 Å². The third-order valence-corrected chi connectivity index (χ3v) is 3.21. The standard InChI is InChI=1S/C12H18F3N3O5/c1-7(16-11(21)23-3)9(19)18-6-17(5-12(13,14)15)4-8(18)10(20)22-2/h7-8H,4-6H2,1-3H3,(H,16,21)/t7-,8-/m0/s1. The van der Waals surface area contributed by atoms with Crippen LogP contribution in [-0.4, -0.2) is 80.0 Å². The number of alkyl halides is 3. The van der Waals surface area contributed by atoms with Crippen LogP contribution in [0, 0.1) is 0 Å². The van der Waals surface area contributed by atoms with Crippen molar-refractivity contribution in [3.8, 4) is 0 Å². The Morgan fingerprint density at radius 3 is 2.35 bits per heavy atom. The molecule has 0 radical (unpaired) electrons. The van der Waals surface area contributed by atoms with E-state index in [9.17, 15) is 27.6 Å². The molecule has 1 aliphatic heterocycles. The predicted octanol–water partition coefficient (Wildman–Crippen LogP) is -0.0635. The average Bonchev–Trinajstić information content (AvgIpc) is 2.86. The second kappa shape index (κ2) is 7.49. The fraction of sp³-hybridized carbons (Fsp3) is 0.750. The number of carbonyl (C=O) groups excluding carboxylic acids is 3. The lowest BCUT2D eigenvalue weighted by Crippen LogP contribution is -2.51. The maximum absolute atomic E-state index is 12.5. The Morgan fingerprint density at radius 2 is 1.87 bits per heavy atom. The summed E-state index contributed by atoms with van der Waals surface area (Å²) < 4.78 is 46.3. The van der Waals surface area contributed by atoms with Crippen LogP contribution >= 0.6 is 0 Å². The molecule has 8 nitrogen and oxygen atoms in total. The lowest BCUT2D eigenvalue weighted by atomic mass is 10.2. The fourth-order valence-electron chi connectivity index (χ4n) is 2.19. The molecule has 23 heavy (non-hydrogen) atoms. The van der Waals surface area contributed by atoms with Crippen molar-refractivity contribution in [2.45, 2.75) is 25.2 Å². The first-order valence-corrected chi connectivity index (χ1v) is 6.61. The van der Waals surface area contributed by atoms with E-state index < -0.39 is 49.4 Å². The number of hydrogen-bond donors (Lipinski definition) is 1. The lowest BCUT2D eigenvalue weighted by Gasteiger charge is -2.25. The van der Waals surface area contributed by atoms with Gasteiger partial charge in [-0.1, -0.05) is 0 Å². The second-order valence-corrected chi connectivity index (χ2v) is 4.97. The van der Waals surface area contributed by atoms with E-state index in [4.69, 9.17) is 0 Å². The van der Waals surface area contributed by atoms with Crippen molar-refractivity contribution in [2.24, 2.45) is 0 Å². The highest BCUT2D eigenvalue weighted by Gasteiger charge is 2.44. The maximum Gasteiger partial charge on any atom is 0.407 e. The molecule has 0 aliphatic carbocycles. The van der Waals surface area contributed by atoms with Gasteiger partial charge >= 0.3 is 18.2 Å². The minimum Gasteiger partial charge on any atom is -0.467 e. The smallest absolute Gasteiger partial charge is 0.407 e. The first kappa shape index (κ1) is 19.0. The van der Waals surface area contributed by atoms with Gasteiger partial charge in [0.2, 0.25) is 5.91 Å². The zero-order chi connectivity index (χ0) is 17.8. The summed E-state index contributed by atoms with van der Waals surface area (Å²) in [7, 11) is 2.18. The number of nitrogens with one attached hydrogen (secondary N) is 1. The van der Waals surface area contributed by atoms with Gasteiger partial charge in [-0.05, 0) is 6.92 Å². The first-order valence-electron chi connectivity index (χ1n) is 6.61. The van der Waals surface area contributed by atoms with Crippen LogP contribution in [-0.2, 0) is 19.1 Å². The molecule has 0 aromatic heterocycles. The molecule has 1 fully saturated rings. The summed E-state index contributed by atoms with van der Waals surface area (Å²) in [6, 6.07) is -2.24. The minimum atomic E-state index is -4.46. The van der Waals surface area contributed by atoms with E-state index in [1.165, 1.54) is 6.92 Å². The van der Waals surface area contributed by atoms with Crippen LogP contribution in [0.4, 0.5) is 18.0 Å². The first-order chi connectivity index (χ1) is 10.6. The van der Waals surface area contributed by atoms with Crippen molar-refractivity contribution in [1.82, 2.24) is 15.1 Å². The molecule has 11 heteroatoms. The van der Waals surface area contributed by atoms with Gasteiger partial charge in [-0.2, -0.15) is 13.2 Å². The SMILES string of the molecule is COC(=O)N[C@@H](C)C(=O)N1CN(CC(F)(F)F)C[C@H]1C(=O)OC. The van der Waals surface area contributed by atoms with Gasteiger partial charge in [0.05, 0.1) is 27.4 Å². The van der Waals surface area contributed by atoms with E-state index in [1.807, 2.05) is 0 Å². The van der Waals surface area contributed by atoms with E-state index in [-0.39, 0.29) is 6.54 Å². The summed E-state index contributed by atoms with van der Waals surface area (Å²) in [6.45, 7) is -0.628. The van der Waals surface area contributed by atoms with Crippen LogP contribution in [0.5, 0.6) is 0 Å². The van der Waals surface area contributed by atoms with E-state index in [1.54, 1.807) is 0 Å². The number of esters is 1. The van der Waals surface area contributed by atoms with Crippen LogP contribution in [0.3, 0.4) is 0 Å². The van der Waals surface area contributed by atoms with Crippen molar-refractivity contribution < 1.29 is 37.0 Å². The minimum absolute atomic E-state index is 0.303. The Hall–Kier alpha value is -2.04. The molecule has 0 aromatic rings. The van der Waals surface area contributed by atoms with Gasteiger partial charge < -0.3 is 19.7 Å². The molecule has 1 N–H and O–H groups in total. The fourth-order valence-corrected chi connectivity index (χ4v) is 2.19. The molecule has 1 heterocycles. The van der Waals surface area contributed by atoms with Crippen LogP contribution in [0.15, 0.2) is 0 Å². The highest BCUT2D eigenvalue weighted by molar-refractivity contribution is 5.90.